The smallest absolute Gasteiger partial charge is 0.234 e. The number of carbonyl (C=O) groups is 1. The first-order valence-corrected chi connectivity index (χ1v) is 4.11. The molecular formula is C9H14N2O. The normalized spacial score (nSPS) is 18.0. The van der Waals surface area contributed by atoms with E-state index < -0.39 is 0 Å². The molecule has 0 radical (unpaired) electrons. The zero-order valence-electron chi connectivity index (χ0n) is 7.31. The molecule has 0 aromatic heterocycles. The molecule has 1 saturated carbocycles. The van der Waals surface area contributed by atoms with Crippen molar-refractivity contribution in [1.29, 1.82) is 0 Å². The van der Waals surface area contributed by atoms with E-state index in [2.05, 4.69) is 16.6 Å². The summed E-state index contributed by atoms with van der Waals surface area (Å²) in [5, 5.41) is 5.76. The second kappa shape index (κ2) is 3.59. The first kappa shape index (κ1) is 9.08. The summed E-state index contributed by atoms with van der Waals surface area (Å²) in [5.74, 6) is 2.44. The second-order valence-corrected chi connectivity index (χ2v) is 3.42. The van der Waals surface area contributed by atoms with Crippen molar-refractivity contribution in [2.45, 2.75) is 25.3 Å². The molecule has 0 aliphatic heterocycles. The maximum absolute atomic E-state index is 11.1. The lowest BCUT2D eigenvalue weighted by atomic mass is 10.3. The Balaban J connectivity index is 2.09. The monoisotopic (exact) mass is 166 g/mol. The fourth-order valence-electron chi connectivity index (χ4n) is 0.941. The summed E-state index contributed by atoms with van der Waals surface area (Å²) in [4.78, 5) is 11.1. The quantitative estimate of drug-likeness (QED) is 0.451. The van der Waals surface area contributed by atoms with Crippen LogP contribution in [0.2, 0.25) is 0 Å². The van der Waals surface area contributed by atoms with Crippen molar-refractivity contribution in [2.24, 2.45) is 0 Å². The Hall–Kier alpha value is -1.01. The van der Waals surface area contributed by atoms with Crippen LogP contribution in [-0.4, -0.2) is 24.5 Å². The fraction of sp³-hybridized carbons (Fsp3) is 0.667. The third kappa shape index (κ3) is 2.93. The molecule has 0 aromatic rings. The molecular weight excluding hydrogens is 152 g/mol. The molecule has 0 atom stereocenters. The van der Waals surface area contributed by atoms with Crippen LogP contribution in [0.15, 0.2) is 0 Å². The molecule has 1 fully saturated rings. The van der Waals surface area contributed by atoms with Crippen LogP contribution in [-0.2, 0) is 4.79 Å². The molecule has 0 heterocycles. The third-order valence-corrected chi connectivity index (χ3v) is 1.95. The minimum Gasteiger partial charge on any atom is -0.350 e. The van der Waals surface area contributed by atoms with Crippen LogP contribution < -0.4 is 10.6 Å². The molecule has 1 aliphatic rings. The van der Waals surface area contributed by atoms with Gasteiger partial charge in [-0.15, -0.1) is 6.42 Å². The SMILES string of the molecule is C#CCNCC(=O)NC1(C)CC1. The van der Waals surface area contributed by atoms with Gasteiger partial charge in [-0.25, -0.2) is 0 Å². The lowest BCUT2D eigenvalue weighted by Gasteiger charge is -2.10. The van der Waals surface area contributed by atoms with Crippen molar-refractivity contribution in [3.63, 3.8) is 0 Å². The van der Waals surface area contributed by atoms with Gasteiger partial charge in [0.15, 0.2) is 0 Å². The van der Waals surface area contributed by atoms with Gasteiger partial charge in [-0.3, -0.25) is 10.1 Å². The van der Waals surface area contributed by atoms with E-state index >= 15 is 0 Å². The van der Waals surface area contributed by atoms with Crippen molar-refractivity contribution < 1.29 is 4.79 Å². The molecule has 0 spiro atoms. The predicted octanol–water partition coefficient (Wildman–Crippen LogP) is -0.122. The highest BCUT2D eigenvalue weighted by Crippen LogP contribution is 2.33. The molecule has 3 heteroatoms. The van der Waals surface area contributed by atoms with E-state index in [4.69, 9.17) is 6.42 Å². The van der Waals surface area contributed by atoms with Crippen LogP contribution in [0.1, 0.15) is 19.8 Å². The van der Waals surface area contributed by atoms with Crippen LogP contribution in [0.25, 0.3) is 0 Å². The van der Waals surface area contributed by atoms with Crippen molar-refractivity contribution in [2.75, 3.05) is 13.1 Å². The van der Waals surface area contributed by atoms with Gasteiger partial charge in [-0.2, -0.15) is 0 Å². The standard InChI is InChI=1S/C9H14N2O/c1-3-6-10-7-8(12)11-9(2)4-5-9/h1,10H,4-7H2,2H3,(H,11,12). The molecule has 2 N–H and O–H groups in total. The summed E-state index contributed by atoms with van der Waals surface area (Å²) in [6.07, 6.45) is 7.19. The van der Waals surface area contributed by atoms with E-state index in [0.29, 0.717) is 13.1 Å². The Kier molecular flexibility index (Phi) is 2.72. The highest BCUT2D eigenvalue weighted by Gasteiger charge is 2.38. The number of amides is 1. The Morgan fingerprint density at radius 3 is 2.83 bits per heavy atom. The van der Waals surface area contributed by atoms with Gasteiger partial charge in [0.1, 0.15) is 0 Å². The molecule has 12 heavy (non-hydrogen) atoms. The van der Waals surface area contributed by atoms with E-state index in [1.54, 1.807) is 0 Å². The van der Waals surface area contributed by atoms with Gasteiger partial charge in [0.05, 0.1) is 13.1 Å². The number of carbonyl (C=O) groups excluding carboxylic acids is 1. The van der Waals surface area contributed by atoms with Crippen LogP contribution in [0, 0.1) is 12.3 Å². The van der Waals surface area contributed by atoms with Crippen molar-refractivity contribution >= 4 is 5.91 Å². The van der Waals surface area contributed by atoms with Gasteiger partial charge >= 0.3 is 0 Å². The topological polar surface area (TPSA) is 41.1 Å². The second-order valence-electron chi connectivity index (χ2n) is 3.42. The van der Waals surface area contributed by atoms with E-state index in [0.717, 1.165) is 12.8 Å². The first-order chi connectivity index (χ1) is 5.66. The molecule has 1 aliphatic carbocycles. The maximum Gasteiger partial charge on any atom is 0.234 e. The lowest BCUT2D eigenvalue weighted by Crippen LogP contribution is -2.40. The van der Waals surface area contributed by atoms with E-state index in [1.165, 1.54) is 0 Å². The number of rotatable bonds is 4. The van der Waals surface area contributed by atoms with Crippen molar-refractivity contribution in [3.8, 4) is 12.3 Å². The predicted molar refractivity (Wildman–Crippen MR) is 47.5 cm³/mol. The van der Waals surface area contributed by atoms with Crippen LogP contribution in [0.3, 0.4) is 0 Å². The van der Waals surface area contributed by atoms with Gasteiger partial charge in [0.25, 0.3) is 0 Å². The van der Waals surface area contributed by atoms with Crippen molar-refractivity contribution in [3.05, 3.63) is 0 Å². The summed E-state index contributed by atoms with van der Waals surface area (Å²) < 4.78 is 0. The number of terminal acetylenes is 1. The van der Waals surface area contributed by atoms with Crippen molar-refractivity contribution in [1.82, 2.24) is 10.6 Å². The summed E-state index contributed by atoms with van der Waals surface area (Å²) in [7, 11) is 0. The summed E-state index contributed by atoms with van der Waals surface area (Å²) in [6, 6.07) is 0. The number of nitrogens with one attached hydrogen (secondary N) is 2. The average Bonchev–Trinajstić information content (AvgIpc) is 2.68. The lowest BCUT2D eigenvalue weighted by molar-refractivity contribution is -0.121. The van der Waals surface area contributed by atoms with Crippen LogP contribution in [0.5, 0.6) is 0 Å². The zero-order chi connectivity index (χ0) is 9.03. The Bertz CT molecular complexity index is 213. The zero-order valence-corrected chi connectivity index (χ0v) is 7.31. The Labute approximate surface area is 72.9 Å². The highest BCUT2D eigenvalue weighted by atomic mass is 16.2. The summed E-state index contributed by atoms with van der Waals surface area (Å²) in [6.45, 7) is 2.82. The Morgan fingerprint density at radius 1 is 1.67 bits per heavy atom. The Morgan fingerprint density at radius 2 is 2.33 bits per heavy atom. The molecule has 0 saturated heterocycles. The summed E-state index contributed by atoms with van der Waals surface area (Å²) in [5.41, 5.74) is 0.0783. The maximum atomic E-state index is 11.1. The molecule has 3 nitrogen and oxygen atoms in total. The molecule has 0 aromatic carbocycles. The van der Waals surface area contributed by atoms with Gasteiger partial charge in [-0.1, -0.05) is 5.92 Å². The van der Waals surface area contributed by atoms with E-state index in [-0.39, 0.29) is 11.4 Å². The molecule has 66 valence electrons. The fourth-order valence-corrected chi connectivity index (χ4v) is 0.941. The third-order valence-electron chi connectivity index (χ3n) is 1.95. The average molecular weight is 166 g/mol. The minimum atomic E-state index is 0.0326. The largest absolute Gasteiger partial charge is 0.350 e. The molecule has 0 bridgehead atoms. The van der Waals surface area contributed by atoms with Crippen LogP contribution in [0.4, 0.5) is 0 Å². The van der Waals surface area contributed by atoms with Gasteiger partial charge in [-0.05, 0) is 19.8 Å². The molecule has 1 rings (SSSR count). The number of hydrogen-bond acceptors (Lipinski definition) is 2. The minimum absolute atomic E-state index is 0.0326. The van der Waals surface area contributed by atoms with Crippen LogP contribution >= 0.6 is 0 Å². The van der Waals surface area contributed by atoms with Gasteiger partial charge in [0.2, 0.25) is 5.91 Å². The highest BCUT2D eigenvalue weighted by molar-refractivity contribution is 5.79. The van der Waals surface area contributed by atoms with Gasteiger partial charge < -0.3 is 5.32 Å². The van der Waals surface area contributed by atoms with Gasteiger partial charge in [0, 0.05) is 5.54 Å². The number of hydrogen-bond donors (Lipinski definition) is 2. The molecule has 1 amide bonds. The molecule has 0 unspecified atom stereocenters. The van der Waals surface area contributed by atoms with E-state index in [1.807, 2.05) is 6.92 Å². The summed E-state index contributed by atoms with van der Waals surface area (Å²) >= 11 is 0. The first-order valence-electron chi connectivity index (χ1n) is 4.11. The van der Waals surface area contributed by atoms with E-state index in [9.17, 15) is 4.79 Å².